The van der Waals surface area contributed by atoms with Gasteiger partial charge in [0.05, 0.1) is 18.1 Å². The first kappa shape index (κ1) is 17.4. The fourth-order valence-electron chi connectivity index (χ4n) is 2.49. The maximum Gasteiger partial charge on any atom is 0.231 e. The number of benzene rings is 1. The average molecular weight is 355 g/mol. The quantitative estimate of drug-likeness (QED) is 0.678. The Labute approximate surface area is 151 Å². The van der Waals surface area contributed by atoms with Gasteiger partial charge in [-0.05, 0) is 56.2 Å². The molecule has 1 atom stereocenters. The van der Waals surface area contributed by atoms with Crippen LogP contribution >= 0.6 is 11.8 Å². The number of aryl methyl sites for hydroxylation is 2. The number of hydrogen-bond acceptors (Lipinski definition) is 4. The molecule has 0 saturated carbocycles. The van der Waals surface area contributed by atoms with Gasteiger partial charge < -0.3 is 9.73 Å². The maximum absolute atomic E-state index is 12.2. The number of furan rings is 1. The summed E-state index contributed by atoms with van der Waals surface area (Å²) in [4.78, 5) is 16.6. The van der Waals surface area contributed by atoms with Crippen LogP contribution in [-0.4, -0.2) is 21.2 Å². The molecule has 0 radical (unpaired) electrons. The molecule has 0 aliphatic carbocycles. The molecule has 0 saturated heterocycles. The Morgan fingerprint density at radius 3 is 2.88 bits per heavy atom. The third kappa shape index (κ3) is 4.14. The smallest absolute Gasteiger partial charge is 0.231 e. The van der Waals surface area contributed by atoms with Gasteiger partial charge in [0.25, 0.3) is 0 Å². The monoisotopic (exact) mass is 355 g/mol. The molecule has 1 aromatic carbocycles. The Hall–Kier alpha value is -2.47. The van der Waals surface area contributed by atoms with Crippen molar-refractivity contribution < 1.29 is 9.21 Å². The summed E-state index contributed by atoms with van der Waals surface area (Å²) in [6.45, 7) is 6.08. The topological polar surface area (TPSA) is 60.1 Å². The zero-order valence-corrected chi connectivity index (χ0v) is 15.3. The molecule has 0 aliphatic rings. The summed E-state index contributed by atoms with van der Waals surface area (Å²) in [7, 11) is 0. The number of nitrogens with one attached hydrogen (secondary N) is 1. The van der Waals surface area contributed by atoms with Gasteiger partial charge in [0.15, 0.2) is 5.16 Å². The predicted octanol–water partition coefficient (Wildman–Crippen LogP) is 4.05. The minimum absolute atomic E-state index is 0.0523. The van der Waals surface area contributed by atoms with E-state index in [4.69, 9.17) is 4.42 Å². The highest BCUT2D eigenvalue weighted by molar-refractivity contribution is 7.99. The van der Waals surface area contributed by atoms with Gasteiger partial charge in [-0.1, -0.05) is 17.8 Å². The lowest BCUT2D eigenvalue weighted by Gasteiger charge is -2.12. The molecule has 0 spiro atoms. The van der Waals surface area contributed by atoms with Crippen molar-refractivity contribution in [2.24, 2.45) is 0 Å². The van der Waals surface area contributed by atoms with Crippen molar-refractivity contribution in [3.8, 4) is 5.69 Å². The summed E-state index contributed by atoms with van der Waals surface area (Å²) < 4.78 is 7.31. The first-order valence-electron chi connectivity index (χ1n) is 8.11. The lowest BCUT2D eigenvalue weighted by molar-refractivity contribution is -0.119. The Kier molecular flexibility index (Phi) is 5.28. The summed E-state index contributed by atoms with van der Waals surface area (Å²) in [6, 6.07) is 9.80. The van der Waals surface area contributed by atoms with Crippen LogP contribution < -0.4 is 5.32 Å². The van der Waals surface area contributed by atoms with Crippen LogP contribution in [0, 0.1) is 13.8 Å². The standard InChI is InChI=1S/C19H21N3O2S/c1-13-6-7-16(11-14(13)2)22-9-8-20-19(22)25-12-18(23)21-15(3)17-5-4-10-24-17/h4-11,15H,12H2,1-3H3,(H,21,23)/t15-/m0/s1. The van der Waals surface area contributed by atoms with E-state index in [1.165, 1.54) is 22.9 Å². The second-order valence-electron chi connectivity index (χ2n) is 5.94. The molecule has 130 valence electrons. The normalized spacial score (nSPS) is 12.1. The van der Waals surface area contributed by atoms with Gasteiger partial charge in [-0.15, -0.1) is 0 Å². The Balaban J connectivity index is 1.63. The minimum Gasteiger partial charge on any atom is -0.467 e. The van der Waals surface area contributed by atoms with Crippen LogP contribution in [-0.2, 0) is 4.79 Å². The number of aromatic nitrogens is 2. The number of rotatable bonds is 6. The van der Waals surface area contributed by atoms with Crippen molar-refractivity contribution in [1.29, 1.82) is 0 Å². The van der Waals surface area contributed by atoms with Crippen LogP contribution in [0.4, 0.5) is 0 Å². The second-order valence-corrected chi connectivity index (χ2v) is 6.88. The number of thioether (sulfide) groups is 1. The van der Waals surface area contributed by atoms with E-state index in [9.17, 15) is 4.79 Å². The maximum atomic E-state index is 12.2. The molecule has 2 heterocycles. The number of imidazole rings is 1. The van der Waals surface area contributed by atoms with Crippen LogP contribution in [0.3, 0.4) is 0 Å². The summed E-state index contributed by atoms with van der Waals surface area (Å²) in [5.41, 5.74) is 3.53. The van der Waals surface area contributed by atoms with E-state index in [2.05, 4.69) is 42.3 Å². The molecule has 5 nitrogen and oxygen atoms in total. The Morgan fingerprint density at radius 1 is 1.32 bits per heavy atom. The van der Waals surface area contributed by atoms with Crippen LogP contribution in [0.5, 0.6) is 0 Å². The van der Waals surface area contributed by atoms with E-state index in [0.29, 0.717) is 5.75 Å². The van der Waals surface area contributed by atoms with Crippen molar-refractivity contribution in [3.05, 3.63) is 65.9 Å². The van der Waals surface area contributed by atoms with Gasteiger partial charge in [0, 0.05) is 18.1 Å². The molecular weight excluding hydrogens is 334 g/mol. The van der Waals surface area contributed by atoms with Gasteiger partial charge in [-0.3, -0.25) is 9.36 Å². The molecule has 25 heavy (non-hydrogen) atoms. The zero-order valence-electron chi connectivity index (χ0n) is 14.5. The third-order valence-corrected chi connectivity index (χ3v) is 5.02. The number of nitrogens with zero attached hydrogens (tertiary/aromatic N) is 2. The van der Waals surface area contributed by atoms with Crippen molar-refractivity contribution in [2.45, 2.75) is 32.0 Å². The highest BCUT2D eigenvalue weighted by Crippen LogP contribution is 2.22. The van der Waals surface area contributed by atoms with Crippen molar-refractivity contribution in [1.82, 2.24) is 14.9 Å². The largest absolute Gasteiger partial charge is 0.467 e. The molecule has 1 amide bonds. The summed E-state index contributed by atoms with van der Waals surface area (Å²) in [6.07, 6.45) is 5.27. The van der Waals surface area contributed by atoms with Gasteiger partial charge in [0.1, 0.15) is 5.76 Å². The molecule has 1 N–H and O–H groups in total. The van der Waals surface area contributed by atoms with Crippen molar-refractivity contribution in [3.63, 3.8) is 0 Å². The average Bonchev–Trinajstić information content (AvgIpc) is 3.27. The van der Waals surface area contributed by atoms with Crippen molar-refractivity contribution >= 4 is 17.7 Å². The van der Waals surface area contributed by atoms with E-state index in [1.807, 2.05) is 29.8 Å². The fourth-order valence-corrected chi connectivity index (χ4v) is 3.27. The lowest BCUT2D eigenvalue weighted by atomic mass is 10.1. The third-order valence-electron chi connectivity index (χ3n) is 4.06. The Morgan fingerprint density at radius 2 is 2.16 bits per heavy atom. The van der Waals surface area contributed by atoms with E-state index in [0.717, 1.165) is 16.6 Å². The highest BCUT2D eigenvalue weighted by Gasteiger charge is 2.14. The lowest BCUT2D eigenvalue weighted by Crippen LogP contribution is -2.28. The van der Waals surface area contributed by atoms with Crippen LogP contribution in [0.15, 0.2) is 58.6 Å². The van der Waals surface area contributed by atoms with Gasteiger partial charge in [-0.2, -0.15) is 0 Å². The summed E-state index contributed by atoms with van der Waals surface area (Å²) >= 11 is 1.42. The van der Waals surface area contributed by atoms with Crippen LogP contribution in [0.2, 0.25) is 0 Å². The summed E-state index contributed by atoms with van der Waals surface area (Å²) in [5, 5.41) is 3.73. The van der Waals surface area contributed by atoms with Gasteiger partial charge in [-0.25, -0.2) is 4.98 Å². The fraction of sp³-hybridized carbons (Fsp3) is 0.263. The zero-order chi connectivity index (χ0) is 17.8. The van der Waals surface area contributed by atoms with E-state index in [1.54, 1.807) is 12.5 Å². The van der Waals surface area contributed by atoms with E-state index < -0.39 is 0 Å². The first-order chi connectivity index (χ1) is 12.0. The molecular formula is C19H21N3O2S. The molecule has 0 bridgehead atoms. The first-order valence-corrected chi connectivity index (χ1v) is 9.09. The minimum atomic E-state index is -0.150. The second kappa shape index (κ2) is 7.61. The molecule has 3 aromatic rings. The van der Waals surface area contributed by atoms with Crippen molar-refractivity contribution in [2.75, 3.05) is 5.75 Å². The Bertz CT molecular complexity index is 855. The van der Waals surface area contributed by atoms with Crippen LogP contribution in [0.25, 0.3) is 5.69 Å². The number of carbonyl (C=O) groups is 1. The summed E-state index contributed by atoms with van der Waals surface area (Å²) in [5.74, 6) is 0.992. The van der Waals surface area contributed by atoms with E-state index in [-0.39, 0.29) is 11.9 Å². The predicted molar refractivity (Wildman–Crippen MR) is 99.0 cm³/mol. The molecule has 3 rings (SSSR count). The van der Waals surface area contributed by atoms with Gasteiger partial charge in [0.2, 0.25) is 5.91 Å². The SMILES string of the molecule is Cc1ccc(-n2ccnc2SCC(=O)N[C@@H](C)c2ccco2)cc1C. The molecule has 0 fully saturated rings. The molecule has 6 heteroatoms. The number of amides is 1. The molecule has 0 aliphatic heterocycles. The number of hydrogen-bond donors (Lipinski definition) is 1. The molecule has 0 unspecified atom stereocenters. The molecule has 2 aromatic heterocycles. The highest BCUT2D eigenvalue weighted by atomic mass is 32.2. The van der Waals surface area contributed by atoms with Crippen LogP contribution in [0.1, 0.15) is 29.9 Å². The van der Waals surface area contributed by atoms with E-state index >= 15 is 0 Å². The number of carbonyl (C=O) groups excluding carboxylic acids is 1. The van der Waals surface area contributed by atoms with Gasteiger partial charge >= 0.3 is 0 Å².